The Morgan fingerprint density at radius 2 is 2.29 bits per heavy atom. The van der Waals surface area contributed by atoms with E-state index in [1.807, 2.05) is 18.6 Å². The average molecular weight is 311 g/mol. The van der Waals surface area contributed by atoms with Gasteiger partial charge in [-0.1, -0.05) is 33.6 Å². The van der Waals surface area contributed by atoms with E-state index in [9.17, 15) is 0 Å². The first-order chi connectivity index (χ1) is 8.20. The van der Waals surface area contributed by atoms with E-state index >= 15 is 0 Å². The summed E-state index contributed by atoms with van der Waals surface area (Å²) in [5, 5.41) is 6.55. The molecule has 1 N–H and O–H groups in total. The first-order valence-corrected chi connectivity index (χ1v) is 7.19. The number of thiazole rings is 1. The molecule has 0 saturated heterocycles. The average Bonchev–Trinajstić information content (AvgIpc) is 2.82. The maximum atomic E-state index is 4.34. The Hall–Kier alpha value is -0.710. The van der Waals surface area contributed by atoms with Crippen molar-refractivity contribution in [3.05, 3.63) is 50.4 Å². The van der Waals surface area contributed by atoms with Crippen molar-refractivity contribution in [1.82, 2.24) is 10.3 Å². The number of nitrogens with one attached hydrogen (secondary N) is 1. The predicted molar refractivity (Wildman–Crippen MR) is 76.5 cm³/mol. The van der Waals surface area contributed by atoms with E-state index in [1.165, 1.54) is 11.1 Å². The molecule has 17 heavy (non-hydrogen) atoms. The number of hydrogen-bond donors (Lipinski definition) is 1. The van der Waals surface area contributed by atoms with Crippen molar-refractivity contribution in [3.8, 4) is 0 Å². The lowest BCUT2D eigenvalue weighted by molar-refractivity contribution is 0.588. The molecule has 90 valence electrons. The lowest BCUT2D eigenvalue weighted by Crippen LogP contribution is -2.19. The van der Waals surface area contributed by atoms with Gasteiger partial charge < -0.3 is 5.32 Å². The Bertz CT molecular complexity index is 482. The summed E-state index contributed by atoms with van der Waals surface area (Å²) in [5.74, 6) is 0. The van der Waals surface area contributed by atoms with Gasteiger partial charge >= 0.3 is 0 Å². The van der Waals surface area contributed by atoms with Gasteiger partial charge in [-0.15, -0.1) is 11.3 Å². The zero-order valence-electron chi connectivity index (χ0n) is 9.90. The third-order valence-corrected chi connectivity index (χ3v) is 4.26. The molecule has 1 heterocycles. The van der Waals surface area contributed by atoms with Gasteiger partial charge in [-0.3, -0.25) is 0 Å². The Morgan fingerprint density at radius 3 is 2.94 bits per heavy atom. The van der Waals surface area contributed by atoms with Crippen molar-refractivity contribution in [1.29, 1.82) is 0 Å². The fourth-order valence-electron chi connectivity index (χ4n) is 1.83. The van der Waals surface area contributed by atoms with Gasteiger partial charge in [0, 0.05) is 28.5 Å². The molecule has 0 fully saturated rings. The minimum atomic E-state index is 0.301. The van der Waals surface area contributed by atoms with Crippen LogP contribution in [-0.4, -0.2) is 12.0 Å². The van der Waals surface area contributed by atoms with Crippen LogP contribution in [-0.2, 0) is 6.42 Å². The molecular formula is C13H15BrN2S. The van der Waals surface area contributed by atoms with Gasteiger partial charge in [-0.05, 0) is 25.6 Å². The molecule has 0 spiro atoms. The van der Waals surface area contributed by atoms with Crippen LogP contribution in [0.1, 0.15) is 22.2 Å². The van der Waals surface area contributed by atoms with Gasteiger partial charge in [0.1, 0.15) is 0 Å². The van der Waals surface area contributed by atoms with Crippen LogP contribution < -0.4 is 5.32 Å². The topological polar surface area (TPSA) is 24.9 Å². The maximum Gasteiger partial charge on any atom is 0.0943 e. The summed E-state index contributed by atoms with van der Waals surface area (Å²) in [5.41, 5.74) is 2.57. The summed E-state index contributed by atoms with van der Waals surface area (Å²) >= 11 is 5.32. The molecule has 1 aromatic heterocycles. The molecule has 0 bridgehead atoms. The fourth-order valence-corrected chi connectivity index (χ4v) is 3.01. The quantitative estimate of drug-likeness (QED) is 0.931. The van der Waals surface area contributed by atoms with Crippen molar-refractivity contribution in [3.63, 3.8) is 0 Å². The van der Waals surface area contributed by atoms with Crippen molar-refractivity contribution < 1.29 is 0 Å². The number of aryl methyl sites for hydroxylation is 1. The lowest BCUT2D eigenvalue weighted by Gasteiger charge is -2.17. The number of hydrogen-bond acceptors (Lipinski definition) is 3. The van der Waals surface area contributed by atoms with Gasteiger partial charge in [0.2, 0.25) is 0 Å². The zero-order chi connectivity index (χ0) is 12.3. The highest BCUT2D eigenvalue weighted by molar-refractivity contribution is 9.10. The van der Waals surface area contributed by atoms with Gasteiger partial charge in [0.15, 0.2) is 0 Å². The SMILES string of the molecule is CNC(Cc1nccs1)c1cc(C)ccc1Br. The summed E-state index contributed by atoms with van der Waals surface area (Å²) < 4.78 is 1.15. The fraction of sp³-hybridized carbons (Fsp3) is 0.308. The molecule has 1 aromatic carbocycles. The van der Waals surface area contributed by atoms with E-state index in [1.54, 1.807) is 11.3 Å². The second-order valence-electron chi connectivity index (χ2n) is 4.00. The van der Waals surface area contributed by atoms with E-state index in [0.29, 0.717) is 6.04 Å². The maximum absolute atomic E-state index is 4.34. The Kier molecular flexibility index (Phi) is 4.31. The van der Waals surface area contributed by atoms with Crippen molar-refractivity contribution in [2.75, 3.05) is 7.05 Å². The molecular weight excluding hydrogens is 296 g/mol. The molecule has 2 nitrogen and oxygen atoms in total. The second-order valence-corrected chi connectivity index (χ2v) is 5.83. The lowest BCUT2D eigenvalue weighted by atomic mass is 10.0. The van der Waals surface area contributed by atoms with Gasteiger partial charge in [-0.2, -0.15) is 0 Å². The molecule has 0 amide bonds. The van der Waals surface area contributed by atoms with Crippen LogP contribution in [0.25, 0.3) is 0 Å². The van der Waals surface area contributed by atoms with Crippen LogP contribution in [0.2, 0.25) is 0 Å². The smallest absolute Gasteiger partial charge is 0.0943 e. The molecule has 0 aliphatic heterocycles. The summed E-state index contributed by atoms with van der Waals surface area (Å²) in [6.07, 6.45) is 2.79. The molecule has 0 aliphatic rings. The van der Waals surface area contributed by atoms with Crippen LogP contribution in [0.3, 0.4) is 0 Å². The minimum Gasteiger partial charge on any atom is -0.313 e. The Balaban J connectivity index is 2.25. The first kappa shape index (κ1) is 12.7. The molecule has 1 atom stereocenters. The molecule has 0 saturated carbocycles. The van der Waals surface area contributed by atoms with E-state index < -0.39 is 0 Å². The summed E-state index contributed by atoms with van der Waals surface area (Å²) in [6, 6.07) is 6.75. The number of rotatable bonds is 4. The molecule has 1 unspecified atom stereocenters. The van der Waals surface area contributed by atoms with Crippen LogP contribution in [0, 0.1) is 6.92 Å². The van der Waals surface area contributed by atoms with Gasteiger partial charge in [0.25, 0.3) is 0 Å². The summed E-state index contributed by atoms with van der Waals surface area (Å²) in [7, 11) is 1.99. The van der Waals surface area contributed by atoms with E-state index in [0.717, 1.165) is 15.9 Å². The monoisotopic (exact) mass is 310 g/mol. The van der Waals surface area contributed by atoms with Gasteiger partial charge in [-0.25, -0.2) is 4.98 Å². The summed E-state index contributed by atoms with van der Waals surface area (Å²) in [6.45, 7) is 2.12. The van der Waals surface area contributed by atoms with E-state index in [2.05, 4.69) is 51.4 Å². The van der Waals surface area contributed by atoms with Crippen LogP contribution in [0.15, 0.2) is 34.2 Å². The minimum absolute atomic E-state index is 0.301. The molecule has 2 rings (SSSR count). The summed E-state index contributed by atoms with van der Waals surface area (Å²) in [4.78, 5) is 4.34. The van der Waals surface area contributed by atoms with Crippen LogP contribution in [0.5, 0.6) is 0 Å². The van der Waals surface area contributed by atoms with E-state index in [-0.39, 0.29) is 0 Å². The van der Waals surface area contributed by atoms with Gasteiger partial charge in [0.05, 0.1) is 5.01 Å². The molecule has 4 heteroatoms. The number of aromatic nitrogens is 1. The first-order valence-electron chi connectivity index (χ1n) is 5.52. The van der Waals surface area contributed by atoms with Crippen LogP contribution in [0.4, 0.5) is 0 Å². The second kappa shape index (κ2) is 5.76. The number of benzene rings is 1. The highest BCUT2D eigenvalue weighted by atomic mass is 79.9. The normalized spacial score (nSPS) is 12.6. The van der Waals surface area contributed by atoms with Crippen LogP contribution >= 0.6 is 27.3 Å². The number of nitrogens with zero attached hydrogens (tertiary/aromatic N) is 1. The standard InChI is InChI=1S/C13H15BrN2S/c1-9-3-4-11(14)10(7-9)12(15-2)8-13-16-5-6-17-13/h3-7,12,15H,8H2,1-2H3. The highest BCUT2D eigenvalue weighted by Crippen LogP contribution is 2.27. The molecule has 0 radical (unpaired) electrons. The predicted octanol–water partition coefficient (Wildman–Crippen LogP) is 3.72. The third-order valence-electron chi connectivity index (χ3n) is 2.74. The number of halogens is 1. The van der Waals surface area contributed by atoms with Crippen molar-refractivity contribution in [2.45, 2.75) is 19.4 Å². The highest BCUT2D eigenvalue weighted by Gasteiger charge is 2.14. The Labute approximate surface area is 114 Å². The molecule has 2 aromatic rings. The largest absolute Gasteiger partial charge is 0.313 e. The number of likely N-dealkylation sites (N-methyl/N-ethyl adjacent to an activating group) is 1. The van der Waals surface area contributed by atoms with Crippen molar-refractivity contribution in [2.24, 2.45) is 0 Å². The van der Waals surface area contributed by atoms with Crippen molar-refractivity contribution >= 4 is 27.3 Å². The Morgan fingerprint density at radius 1 is 1.47 bits per heavy atom. The molecule has 0 aliphatic carbocycles. The van der Waals surface area contributed by atoms with E-state index in [4.69, 9.17) is 0 Å². The third kappa shape index (κ3) is 3.15. The zero-order valence-corrected chi connectivity index (χ0v) is 12.3.